The van der Waals surface area contributed by atoms with Gasteiger partial charge in [-0.15, -0.1) is 0 Å². The molecule has 2 aliphatic rings. The first kappa shape index (κ1) is 25.7. The summed E-state index contributed by atoms with van der Waals surface area (Å²) >= 11 is -2.44. The van der Waals surface area contributed by atoms with Crippen molar-refractivity contribution in [2.24, 2.45) is 0 Å². The van der Waals surface area contributed by atoms with Gasteiger partial charge in [0.05, 0.1) is 0 Å². The van der Waals surface area contributed by atoms with Gasteiger partial charge < -0.3 is 0 Å². The molecule has 0 bridgehead atoms. The third-order valence-corrected chi connectivity index (χ3v) is 18.0. The summed E-state index contributed by atoms with van der Waals surface area (Å²) in [5, 5.41) is 2.74. The molecule has 32 heavy (non-hydrogen) atoms. The topological polar surface area (TPSA) is 35.6 Å². The molecule has 2 aliphatic heterocycles. The molecule has 1 aromatic rings. The Labute approximate surface area is 192 Å². The van der Waals surface area contributed by atoms with E-state index in [-0.39, 0.29) is 21.2 Å². The third-order valence-electron chi connectivity index (χ3n) is 6.54. The van der Waals surface area contributed by atoms with Crippen LogP contribution < -0.4 is 5.32 Å². The van der Waals surface area contributed by atoms with Crippen LogP contribution in [0.25, 0.3) is 0 Å². The molecule has 2 atom stereocenters. The molecule has 2 unspecified atom stereocenters. The fourth-order valence-electron chi connectivity index (χ4n) is 4.64. The number of halogens is 6. The minimum absolute atomic E-state index is 0.110. The van der Waals surface area contributed by atoms with E-state index in [0.29, 0.717) is 12.1 Å². The fraction of sp³-hybridized carbons (Fsp3) is 0.667. The average Bonchev–Trinajstić information content (AvgIpc) is 2.72. The van der Waals surface area contributed by atoms with Gasteiger partial charge in [-0.1, -0.05) is 0 Å². The van der Waals surface area contributed by atoms with E-state index >= 15 is 0 Å². The summed E-state index contributed by atoms with van der Waals surface area (Å²) in [5.41, 5.74) is -2.92. The Morgan fingerprint density at radius 3 is 2.09 bits per heavy atom. The van der Waals surface area contributed by atoms with E-state index in [9.17, 15) is 31.1 Å². The van der Waals surface area contributed by atoms with E-state index in [1.54, 1.807) is 0 Å². The Balaban J connectivity index is 1.78. The normalized spacial score (nSPS) is 22.6. The van der Waals surface area contributed by atoms with Crippen molar-refractivity contribution in [2.75, 3.05) is 33.2 Å². The quantitative estimate of drug-likeness (QED) is 0.537. The van der Waals surface area contributed by atoms with E-state index < -0.39 is 51.2 Å². The van der Waals surface area contributed by atoms with Crippen LogP contribution in [-0.2, 0) is 17.1 Å². The summed E-state index contributed by atoms with van der Waals surface area (Å²) in [4.78, 5) is 15.4. The van der Waals surface area contributed by atoms with E-state index in [2.05, 4.69) is 20.2 Å². The summed E-state index contributed by atoms with van der Waals surface area (Å²) in [6.07, 6.45) is -7.05. The molecule has 4 nitrogen and oxygen atoms in total. The van der Waals surface area contributed by atoms with Gasteiger partial charge in [-0.2, -0.15) is 0 Å². The molecule has 178 valence electrons. The number of carbonyl (C=O) groups excluding carboxylic acids is 1. The van der Waals surface area contributed by atoms with Crippen LogP contribution in [0.15, 0.2) is 18.2 Å². The standard InChI is InChI=1S/C16H17F6NO.C5H11N2.In/c1-3-4-5-6-14(24)23-10(2)11-7-12(15(17,18)19)9-13(8-11)16(20,21)22;1-7-4-2-6-3-5-7;/h6-10H,1,3-5H2,2H3,(H,23,24);2-5H2,1H3;/q;-1;+1. The van der Waals surface area contributed by atoms with Gasteiger partial charge in [-0.3, -0.25) is 0 Å². The fourth-order valence-corrected chi connectivity index (χ4v) is 15.9. The first-order valence-corrected chi connectivity index (χ1v) is 16.6. The van der Waals surface area contributed by atoms with Gasteiger partial charge >= 0.3 is 192 Å². The van der Waals surface area contributed by atoms with Gasteiger partial charge in [0.1, 0.15) is 0 Å². The van der Waals surface area contributed by atoms with Crippen molar-refractivity contribution in [3.63, 3.8) is 0 Å². The zero-order chi connectivity index (χ0) is 23.7. The van der Waals surface area contributed by atoms with Crippen LogP contribution in [0.2, 0.25) is 7.85 Å². The van der Waals surface area contributed by atoms with Crippen LogP contribution in [0.3, 0.4) is 0 Å². The van der Waals surface area contributed by atoms with Gasteiger partial charge in [0, 0.05) is 0 Å². The number of nitrogens with zero attached hydrogens (tertiary/aromatic N) is 2. The summed E-state index contributed by atoms with van der Waals surface area (Å²) in [6, 6.07) is 0.552. The molecular weight excluding hydrogens is 539 g/mol. The van der Waals surface area contributed by atoms with Crippen molar-refractivity contribution in [3.05, 3.63) is 34.9 Å². The monoisotopic (exact) mass is 567 g/mol. The third kappa shape index (κ3) is 6.34. The first-order chi connectivity index (χ1) is 14.9. The van der Waals surface area contributed by atoms with Crippen LogP contribution in [-0.4, -0.2) is 68.6 Å². The van der Waals surface area contributed by atoms with Crippen molar-refractivity contribution in [3.8, 4) is 0 Å². The zero-order valence-corrected chi connectivity index (χ0v) is 21.5. The first-order valence-electron chi connectivity index (χ1n) is 10.9. The Kier molecular flexibility index (Phi) is 8.13. The molecule has 1 amide bonds. The maximum absolute atomic E-state index is 13.2. The zero-order valence-electron chi connectivity index (χ0n) is 18.2. The molecule has 3 rings (SSSR count). The Morgan fingerprint density at radius 1 is 1.00 bits per heavy atom. The average molecular weight is 567 g/mol. The van der Waals surface area contributed by atoms with E-state index in [4.69, 9.17) is 0 Å². The van der Waals surface area contributed by atoms with Crippen LogP contribution in [0.4, 0.5) is 26.3 Å². The second-order valence-electron chi connectivity index (χ2n) is 8.87. The number of amides is 1. The minimum atomic E-state index is -4.91. The summed E-state index contributed by atoms with van der Waals surface area (Å²) < 4.78 is 82.5. The number of benzene rings is 1. The van der Waals surface area contributed by atoms with Gasteiger partial charge in [0.15, 0.2) is 0 Å². The van der Waals surface area contributed by atoms with E-state index in [1.807, 2.05) is 0 Å². The van der Waals surface area contributed by atoms with Crippen LogP contribution in [0.1, 0.15) is 48.9 Å². The van der Waals surface area contributed by atoms with Gasteiger partial charge in [-0.05, 0) is 0 Å². The Morgan fingerprint density at radius 2 is 1.56 bits per heavy atom. The number of nitrogens with one attached hydrogen (secondary N) is 1. The molecule has 11 heteroatoms. The second kappa shape index (κ2) is 10.1. The molecule has 0 spiro atoms. The van der Waals surface area contributed by atoms with Crippen LogP contribution in [0.5, 0.6) is 0 Å². The van der Waals surface area contributed by atoms with Crippen molar-refractivity contribution in [1.29, 1.82) is 0 Å². The predicted molar refractivity (Wildman–Crippen MR) is 110 cm³/mol. The van der Waals surface area contributed by atoms with Gasteiger partial charge in [0.25, 0.3) is 0 Å². The Bertz CT molecular complexity index is 775. The number of hydrogen-bond acceptors (Lipinski definition) is 3. The number of hydrogen-bond donors (Lipinski definition) is 1. The summed E-state index contributed by atoms with van der Waals surface area (Å²) in [7, 11) is 2.06. The molecule has 2 fully saturated rings. The molecular formula is C21H28F6InN3O. The summed E-state index contributed by atoms with van der Waals surface area (Å²) in [6.45, 7) is 5.19. The van der Waals surface area contributed by atoms with E-state index in [0.717, 1.165) is 49.6 Å². The molecule has 0 saturated carbocycles. The Hall–Kier alpha value is -0.940. The van der Waals surface area contributed by atoms with Crippen molar-refractivity contribution < 1.29 is 31.1 Å². The molecule has 1 N–H and O–H groups in total. The molecule has 0 radical (unpaired) electrons. The second-order valence-corrected chi connectivity index (χ2v) is 18.1. The number of carbonyl (C=O) groups is 1. The SMILES string of the molecule is CC(NC(=O)[CH]1CCC[CH2][In]1[N]1CCN(C)CC1)c1cc(C(F)(F)F)cc(C(F)(F)F)c1. The molecule has 1 aromatic carbocycles. The number of rotatable bonds is 4. The van der Waals surface area contributed by atoms with Gasteiger partial charge in [-0.25, -0.2) is 0 Å². The van der Waals surface area contributed by atoms with E-state index in [1.165, 1.54) is 6.92 Å². The molecule has 0 aliphatic carbocycles. The van der Waals surface area contributed by atoms with Crippen LogP contribution in [0, 0.1) is 0 Å². The van der Waals surface area contributed by atoms with Crippen molar-refractivity contribution in [1.82, 2.24) is 13.1 Å². The molecule has 0 aromatic heterocycles. The number of alkyl halides is 6. The van der Waals surface area contributed by atoms with Crippen molar-refractivity contribution >= 4 is 27.6 Å². The maximum atomic E-state index is 13.2. The molecule has 2 saturated heterocycles. The van der Waals surface area contributed by atoms with Crippen LogP contribution >= 0.6 is 0 Å². The summed E-state index contributed by atoms with van der Waals surface area (Å²) in [5.74, 6) is -0.220. The predicted octanol–water partition coefficient (Wildman–Crippen LogP) is 4.69. The number of likely N-dealkylation sites (N-methyl/N-ethyl adjacent to an activating group) is 1. The van der Waals surface area contributed by atoms with Gasteiger partial charge in [0.2, 0.25) is 0 Å². The molecule has 2 heterocycles. The van der Waals surface area contributed by atoms with Crippen molar-refractivity contribution in [2.45, 2.75) is 52.4 Å². The number of piperazine rings is 1.